The van der Waals surface area contributed by atoms with Gasteiger partial charge in [-0.15, -0.1) is 5.10 Å². The second-order valence-corrected chi connectivity index (χ2v) is 8.22. The van der Waals surface area contributed by atoms with Crippen LogP contribution in [0.3, 0.4) is 0 Å². The Kier molecular flexibility index (Phi) is 5.85. The van der Waals surface area contributed by atoms with Crippen LogP contribution in [0.25, 0.3) is 0 Å². The number of fused-ring (bicyclic) bond motifs is 2. The Labute approximate surface area is 153 Å². The molecular formula is C21H35N3O. The van der Waals surface area contributed by atoms with Gasteiger partial charge >= 0.3 is 0 Å². The molecule has 5 unspecified atom stereocenters. The van der Waals surface area contributed by atoms with Gasteiger partial charge in [0.1, 0.15) is 0 Å². The van der Waals surface area contributed by atoms with Crippen molar-refractivity contribution in [2.45, 2.75) is 78.7 Å². The lowest BCUT2D eigenvalue weighted by atomic mass is 10.0. The SMILES string of the molecule is C=C(OCC1C2CCc3nnn(C(C)CCC)c3CCC21)C(C)CC. The predicted molar refractivity (Wildman–Crippen MR) is 101 cm³/mol. The van der Waals surface area contributed by atoms with Crippen molar-refractivity contribution in [2.24, 2.45) is 23.7 Å². The lowest BCUT2D eigenvalue weighted by Crippen LogP contribution is -2.12. The summed E-state index contributed by atoms with van der Waals surface area (Å²) in [5.41, 5.74) is 2.65. The lowest BCUT2D eigenvalue weighted by Gasteiger charge is -2.15. The first-order valence-electron chi connectivity index (χ1n) is 10.3. The van der Waals surface area contributed by atoms with Crippen LogP contribution in [0.4, 0.5) is 0 Å². The first-order valence-corrected chi connectivity index (χ1v) is 10.3. The van der Waals surface area contributed by atoms with Crippen molar-refractivity contribution in [1.29, 1.82) is 0 Å². The summed E-state index contributed by atoms with van der Waals surface area (Å²) in [6.07, 6.45) is 8.17. The number of allylic oxidation sites excluding steroid dienone is 1. The monoisotopic (exact) mass is 345 g/mol. The zero-order valence-electron chi connectivity index (χ0n) is 16.5. The highest BCUT2D eigenvalue weighted by atomic mass is 16.5. The van der Waals surface area contributed by atoms with E-state index in [-0.39, 0.29) is 0 Å². The van der Waals surface area contributed by atoms with E-state index in [1.54, 1.807) is 0 Å². The summed E-state index contributed by atoms with van der Waals surface area (Å²) < 4.78 is 8.22. The molecule has 2 aliphatic rings. The molecule has 1 aromatic rings. The molecule has 0 aliphatic heterocycles. The minimum Gasteiger partial charge on any atom is -0.498 e. The molecule has 0 aromatic carbocycles. The zero-order valence-corrected chi connectivity index (χ0v) is 16.5. The topological polar surface area (TPSA) is 39.9 Å². The minimum atomic E-state index is 0.464. The Morgan fingerprint density at radius 3 is 2.64 bits per heavy atom. The van der Waals surface area contributed by atoms with Crippen LogP contribution < -0.4 is 0 Å². The first kappa shape index (κ1) is 18.5. The van der Waals surface area contributed by atoms with Gasteiger partial charge in [-0.1, -0.05) is 39.0 Å². The highest BCUT2D eigenvalue weighted by Crippen LogP contribution is 2.53. The molecule has 1 heterocycles. The average molecular weight is 346 g/mol. The third kappa shape index (κ3) is 3.93. The van der Waals surface area contributed by atoms with Gasteiger partial charge in [0.05, 0.1) is 29.8 Å². The summed E-state index contributed by atoms with van der Waals surface area (Å²) >= 11 is 0. The number of hydrogen-bond acceptors (Lipinski definition) is 3. The van der Waals surface area contributed by atoms with Gasteiger partial charge in [-0.3, -0.25) is 0 Å². The first-order chi connectivity index (χ1) is 12.1. The summed E-state index contributed by atoms with van der Waals surface area (Å²) in [5, 5.41) is 8.99. The van der Waals surface area contributed by atoms with Gasteiger partial charge < -0.3 is 4.74 Å². The van der Waals surface area contributed by atoms with Crippen molar-refractivity contribution in [3.63, 3.8) is 0 Å². The Morgan fingerprint density at radius 1 is 1.24 bits per heavy atom. The normalized spacial score (nSPS) is 27.4. The second-order valence-electron chi connectivity index (χ2n) is 8.22. The fraction of sp³-hybridized carbons (Fsp3) is 0.810. The number of ether oxygens (including phenoxy) is 1. The van der Waals surface area contributed by atoms with Gasteiger partial charge in [-0.2, -0.15) is 0 Å². The fourth-order valence-corrected chi connectivity index (χ4v) is 4.50. The van der Waals surface area contributed by atoms with Crippen molar-refractivity contribution in [3.05, 3.63) is 23.7 Å². The van der Waals surface area contributed by atoms with Crippen molar-refractivity contribution in [1.82, 2.24) is 15.0 Å². The maximum absolute atomic E-state index is 6.02. The van der Waals surface area contributed by atoms with E-state index >= 15 is 0 Å². The molecule has 1 aromatic heterocycles. The maximum Gasteiger partial charge on any atom is 0.0916 e. The quantitative estimate of drug-likeness (QED) is 0.625. The Morgan fingerprint density at radius 2 is 1.96 bits per heavy atom. The minimum absolute atomic E-state index is 0.464. The molecule has 0 saturated heterocycles. The van der Waals surface area contributed by atoms with Gasteiger partial charge in [0.2, 0.25) is 0 Å². The van der Waals surface area contributed by atoms with E-state index in [0.29, 0.717) is 12.0 Å². The molecule has 0 N–H and O–H groups in total. The van der Waals surface area contributed by atoms with E-state index in [1.165, 1.54) is 37.1 Å². The summed E-state index contributed by atoms with van der Waals surface area (Å²) in [6, 6.07) is 0.466. The Balaban J connectivity index is 1.57. The molecule has 2 aliphatic carbocycles. The molecule has 4 heteroatoms. The molecule has 1 saturated carbocycles. The van der Waals surface area contributed by atoms with Crippen molar-refractivity contribution in [2.75, 3.05) is 6.61 Å². The molecule has 0 radical (unpaired) electrons. The highest BCUT2D eigenvalue weighted by Gasteiger charge is 2.50. The van der Waals surface area contributed by atoms with E-state index in [9.17, 15) is 0 Å². The van der Waals surface area contributed by atoms with Crippen LogP contribution in [-0.2, 0) is 17.6 Å². The highest BCUT2D eigenvalue weighted by molar-refractivity contribution is 5.16. The number of aromatic nitrogens is 3. The van der Waals surface area contributed by atoms with E-state index in [0.717, 1.165) is 49.4 Å². The summed E-state index contributed by atoms with van der Waals surface area (Å²) in [6.45, 7) is 13.9. The van der Waals surface area contributed by atoms with Gasteiger partial charge in [-0.25, -0.2) is 4.68 Å². The second kappa shape index (κ2) is 7.92. The van der Waals surface area contributed by atoms with E-state index in [2.05, 4.69) is 49.3 Å². The van der Waals surface area contributed by atoms with Crippen LogP contribution >= 0.6 is 0 Å². The van der Waals surface area contributed by atoms with Crippen LogP contribution in [0.15, 0.2) is 12.3 Å². The maximum atomic E-state index is 6.02. The number of hydrogen-bond donors (Lipinski definition) is 0. The molecule has 1 fully saturated rings. The molecule has 5 atom stereocenters. The third-order valence-corrected chi connectivity index (χ3v) is 6.56. The van der Waals surface area contributed by atoms with Crippen molar-refractivity contribution >= 4 is 0 Å². The van der Waals surface area contributed by atoms with E-state index in [4.69, 9.17) is 4.74 Å². The van der Waals surface area contributed by atoms with Gasteiger partial charge in [0, 0.05) is 5.92 Å². The van der Waals surface area contributed by atoms with Gasteiger partial charge in [0.25, 0.3) is 0 Å². The molecular weight excluding hydrogens is 310 g/mol. The van der Waals surface area contributed by atoms with E-state index in [1.807, 2.05) is 0 Å². The molecule has 0 bridgehead atoms. The summed E-state index contributed by atoms with van der Waals surface area (Å²) in [5.74, 6) is 3.79. The van der Waals surface area contributed by atoms with Crippen LogP contribution in [0.5, 0.6) is 0 Å². The third-order valence-electron chi connectivity index (χ3n) is 6.56. The predicted octanol–water partition coefficient (Wildman–Crippen LogP) is 4.96. The largest absolute Gasteiger partial charge is 0.498 e. The van der Waals surface area contributed by atoms with Crippen molar-refractivity contribution in [3.8, 4) is 0 Å². The number of aryl methyl sites for hydroxylation is 1. The molecule has 3 rings (SSSR count). The molecule has 0 spiro atoms. The lowest BCUT2D eigenvalue weighted by molar-refractivity contribution is 0.162. The molecule has 140 valence electrons. The van der Waals surface area contributed by atoms with E-state index < -0.39 is 0 Å². The fourth-order valence-electron chi connectivity index (χ4n) is 4.50. The van der Waals surface area contributed by atoms with Crippen LogP contribution in [0.2, 0.25) is 0 Å². The summed E-state index contributed by atoms with van der Waals surface area (Å²) in [7, 11) is 0. The number of rotatable bonds is 8. The number of nitrogens with zero attached hydrogens (tertiary/aromatic N) is 3. The van der Waals surface area contributed by atoms with Crippen molar-refractivity contribution < 1.29 is 4.74 Å². The van der Waals surface area contributed by atoms with Crippen LogP contribution in [0, 0.1) is 23.7 Å². The zero-order chi connectivity index (χ0) is 18.0. The molecule has 4 nitrogen and oxygen atoms in total. The molecule has 0 amide bonds. The van der Waals surface area contributed by atoms with Gasteiger partial charge in [0.15, 0.2) is 0 Å². The summed E-state index contributed by atoms with van der Waals surface area (Å²) in [4.78, 5) is 0. The van der Waals surface area contributed by atoms with Gasteiger partial charge in [-0.05, 0) is 63.2 Å². The van der Waals surface area contributed by atoms with Crippen LogP contribution in [0.1, 0.15) is 77.2 Å². The average Bonchev–Trinajstić information content (AvgIpc) is 3.08. The Hall–Kier alpha value is -1.32. The van der Waals surface area contributed by atoms with Crippen LogP contribution in [-0.4, -0.2) is 21.6 Å². The smallest absolute Gasteiger partial charge is 0.0916 e. The standard InChI is InChI=1S/C21H35N3O/c1-6-8-15(4)24-21-12-10-18-17(9-11-20(21)22-23-24)19(18)13-25-16(5)14(3)7-2/h14-15,17-19H,5-13H2,1-4H3. The Bertz CT molecular complexity index is 594. The molecule has 25 heavy (non-hydrogen) atoms.